The molecule has 152 valence electrons. The number of anilines is 1. The third-order valence-electron chi connectivity index (χ3n) is 5.29. The standard InChI is InChI=1S/C21H31N5O2/c1-4-16-5-7-17(8-6-16)22-20(27)23-18-9-10-19-24-26(14-11-15(2)3)21(28)25(19)13-12-18/h5-8,15,18H,4,9-14H2,1-3H3,(H2,22,23,27). The second-order valence-electron chi connectivity index (χ2n) is 7.93. The average Bonchev–Trinajstić information content (AvgIpc) is 2.83. The van der Waals surface area contributed by atoms with Gasteiger partial charge in [0.1, 0.15) is 5.82 Å². The summed E-state index contributed by atoms with van der Waals surface area (Å²) in [6.07, 6.45) is 4.12. The minimum absolute atomic E-state index is 0.0279. The second-order valence-corrected chi connectivity index (χ2v) is 7.93. The molecule has 7 heteroatoms. The fourth-order valence-corrected chi connectivity index (χ4v) is 3.47. The monoisotopic (exact) mass is 385 g/mol. The maximum absolute atomic E-state index is 12.6. The summed E-state index contributed by atoms with van der Waals surface area (Å²) in [5.74, 6) is 1.37. The fourth-order valence-electron chi connectivity index (χ4n) is 3.47. The predicted molar refractivity (Wildman–Crippen MR) is 111 cm³/mol. The Morgan fingerprint density at radius 1 is 1.25 bits per heavy atom. The molecule has 7 nitrogen and oxygen atoms in total. The van der Waals surface area contributed by atoms with Crippen LogP contribution >= 0.6 is 0 Å². The molecule has 0 fully saturated rings. The Morgan fingerprint density at radius 2 is 2.00 bits per heavy atom. The van der Waals surface area contributed by atoms with Crippen molar-refractivity contribution in [3.8, 4) is 0 Å². The third-order valence-corrected chi connectivity index (χ3v) is 5.29. The summed E-state index contributed by atoms with van der Waals surface area (Å²) in [5.41, 5.74) is 1.99. The number of amides is 2. The molecule has 2 heterocycles. The molecule has 0 saturated heterocycles. The number of carbonyl (C=O) groups excluding carboxylic acids is 1. The Hall–Kier alpha value is -2.57. The van der Waals surface area contributed by atoms with Crippen LogP contribution in [0.25, 0.3) is 0 Å². The first-order valence-electron chi connectivity index (χ1n) is 10.3. The Balaban J connectivity index is 1.54. The van der Waals surface area contributed by atoms with Crippen LogP contribution in [0, 0.1) is 5.92 Å². The normalized spacial score (nSPS) is 16.5. The number of fused-ring (bicyclic) bond motifs is 1. The SMILES string of the molecule is CCc1ccc(NC(=O)NC2CCc3nn(CCC(C)C)c(=O)n3CC2)cc1. The van der Waals surface area contributed by atoms with Crippen molar-refractivity contribution in [2.45, 2.75) is 72.0 Å². The van der Waals surface area contributed by atoms with Gasteiger partial charge < -0.3 is 10.6 Å². The Morgan fingerprint density at radius 3 is 2.68 bits per heavy atom. The summed E-state index contributed by atoms with van der Waals surface area (Å²) in [4.78, 5) is 24.9. The van der Waals surface area contributed by atoms with Crippen molar-refractivity contribution in [2.24, 2.45) is 5.92 Å². The third kappa shape index (κ3) is 5.03. The van der Waals surface area contributed by atoms with Gasteiger partial charge in [-0.05, 0) is 49.3 Å². The summed E-state index contributed by atoms with van der Waals surface area (Å²) >= 11 is 0. The van der Waals surface area contributed by atoms with Crippen molar-refractivity contribution in [2.75, 3.05) is 5.32 Å². The highest BCUT2D eigenvalue weighted by atomic mass is 16.2. The van der Waals surface area contributed by atoms with Gasteiger partial charge in [-0.25, -0.2) is 14.3 Å². The van der Waals surface area contributed by atoms with Crippen LogP contribution in [-0.4, -0.2) is 26.4 Å². The van der Waals surface area contributed by atoms with Gasteiger partial charge in [0.15, 0.2) is 0 Å². The molecule has 2 aromatic rings. The average molecular weight is 386 g/mol. The summed E-state index contributed by atoms with van der Waals surface area (Å²) in [7, 11) is 0. The molecule has 1 aromatic carbocycles. The van der Waals surface area contributed by atoms with E-state index in [1.54, 1.807) is 9.25 Å². The Labute approximate surface area is 166 Å². The van der Waals surface area contributed by atoms with Gasteiger partial charge in [-0.1, -0.05) is 32.9 Å². The number of urea groups is 1. The highest BCUT2D eigenvalue weighted by molar-refractivity contribution is 5.89. The molecule has 0 spiro atoms. The smallest absolute Gasteiger partial charge is 0.335 e. The van der Waals surface area contributed by atoms with Crippen molar-refractivity contribution >= 4 is 11.7 Å². The van der Waals surface area contributed by atoms with Crippen molar-refractivity contribution in [3.05, 3.63) is 46.1 Å². The van der Waals surface area contributed by atoms with Crippen molar-refractivity contribution in [3.63, 3.8) is 0 Å². The zero-order chi connectivity index (χ0) is 20.1. The molecule has 1 aliphatic heterocycles. The van der Waals surface area contributed by atoms with E-state index in [0.717, 1.165) is 37.2 Å². The first-order valence-corrected chi connectivity index (χ1v) is 10.3. The lowest BCUT2D eigenvalue weighted by Crippen LogP contribution is -2.38. The minimum atomic E-state index is -0.205. The second kappa shape index (κ2) is 9.08. The summed E-state index contributed by atoms with van der Waals surface area (Å²) in [6, 6.07) is 7.69. The number of benzene rings is 1. The van der Waals surface area contributed by atoms with Crippen molar-refractivity contribution in [1.82, 2.24) is 19.7 Å². The number of aryl methyl sites for hydroxylation is 3. The van der Waals surface area contributed by atoms with Crippen LogP contribution < -0.4 is 16.3 Å². The number of nitrogens with one attached hydrogen (secondary N) is 2. The lowest BCUT2D eigenvalue weighted by Gasteiger charge is -2.16. The molecule has 0 saturated carbocycles. The maximum Gasteiger partial charge on any atom is 0.345 e. The van der Waals surface area contributed by atoms with Gasteiger partial charge in [-0.15, -0.1) is 0 Å². The molecule has 3 rings (SSSR count). The Bertz CT molecular complexity index is 851. The van der Waals surface area contributed by atoms with E-state index in [2.05, 4.69) is 36.5 Å². The van der Waals surface area contributed by atoms with Gasteiger partial charge >= 0.3 is 11.7 Å². The first-order chi connectivity index (χ1) is 13.5. The molecule has 2 N–H and O–H groups in total. The van der Waals surface area contributed by atoms with Crippen LogP contribution in [0.15, 0.2) is 29.1 Å². The van der Waals surface area contributed by atoms with Crippen LogP contribution in [0.4, 0.5) is 10.5 Å². The van der Waals surface area contributed by atoms with Crippen LogP contribution in [0.2, 0.25) is 0 Å². The van der Waals surface area contributed by atoms with Crippen LogP contribution in [0.3, 0.4) is 0 Å². The van der Waals surface area contributed by atoms with E-state index < -0.39 is 0 Å². The molecular formula is C21H31N5O2. The zero-order valence-corrected chi connectivity index (χ0v) is 17.1. The van der Waals surface area contributed by atoms with E-state index >= 15 is 0 Å². The maximum atomic E-state index is 12.6. The van der Waals surface area contributed by atoms with Gasteiger partial charge in [0, 0.05) is 31.2 Å². The predicted octanol–water partition coefficient (Wildman–Crippen LogP) is 3.18. The van der Waals surface area contributed by atoms with E-state index in [-0.39, 0.29) is 17.8 Å². The van der Waals surface area contributed by atoms with Gasteiger partial charge in [0.2, 0.25) is 0 Å². The summed E-state index contributed by atoms with van der Waals surface area (Å²) < 4.78 is 3.36. The molecule has 1 atom stereocenters. The van der Waals surface area contributed by atoms with E-state index in [1.807, 2.05) is 24.3 Å². The highest BCUT2D eigenvalue weighted by Crippen LogP contribution is 2.14. The molecule has 1 aromatic heterocycles. The first kappa shape index (κ1) is 20.2. The summed E-state index contributed by atoms with van der Waals surface area (Å²) in [6.45, 7) is 7.64. The van der Waals surface area contributed by atoms with Crippen LogP contribution in [-0.2, 0) is 25.9 Å². The quantitative estimate of drug-likeness (QED) is 0.801. The number of carbonyl (C=O) groups is 1. The van der Waals surface area contributed by atoms with E-state index in [0.29, 0.717) is 25.4 Å². The van der Waals surface area contributed by atoms with Crippen molar-refractivity contribution in [1.29, 1.82) is 0 Å². The van der Waals surface area contributed by atoms with Crippen molar-refractivity contribution < 1.29 is 4.79 Å². The molecule has 28 heavy (non-hydrogen) atoms. The topological polar surface area (TPSA) is 81.0 Å². The van der Waals surface area contributed by atoms with Gasteiger partial charge in [0.05, 0.1) is 0 Å². The lowest BCUT2D eigenvalue weighted by molar-refractivity contribution is 0.247. The molecule has 2 amide bonds. The highest BCUT2D eigenvalue weighted by Gasteiger charge is 2.22. The molecule has 0 aliphatic carbocycles. The number of hydrogen-bond donors (Lipinski definition) is 2. The molecule has 1 aliphatic rings. The largest absolute Gasteiger partial charge is 0.345 e. The molecule has 0 bridgehead atoms. The zero-order valence-electron chi connectivity index (χ0n) is 17.1. The minimum Gasteiger partial charge on any atom is -0.335 e. The van der Waals surface area contributed by atoms with Gasteiger partial charge in [0.25, 0.3) is 0 Å². The molecule has 0 radical (unpaired) electrons. The number of rotatable bonds is 6. The van der Waals surface area contributed by atoms with Crippen LogP contribution in [0.1, 0.15) is 51.4 Å². The lowest BCUT2D eigenvalue weighted by atomic mass is 10.1. The van der Waals surface area contributed by atoms with Gasteiger partial charge in [-0.3, -0.25) is 4.57 Å². The number of nitrogens with zero attached hydrogens (tertiary/aromatic N) is 3. The molecule has 1 unspecified atom stereocenters. The summed E-state index contributed by atoms with van der Waals surface area (Å²) in [5, 5.41) is 10.4. The Kier molecular flexibility index (Phi) is 6.54. The fraction of sp³-hybridized carbons (Fsp3) is 0.571. The van der Waals surface area contributed by atoms with E-state index in [9.17, 15) is 9.59 Å². The number of hydrogen-bond acceptors (Lipinski definition) is 3. The van der Waals surface area contributed by atoms with E-state index in [1.165, 1.54) is 5.56 Å². The van der Waals surface area contributed by atoms with Gasteiger partial charge in [-0.2, -0.15) is 5.10 Å². The van der Waals surface area contributed by atoms with E-state index in [4.69, 9.17) is 0 Å². The number of aromatic nitrogens is 3. The molecular weight excluding hydrogens is 354 g/mol. The van der Waals surface area contributed by atoms with Crippen LogP contribution in [0.5, 0.6) is 0 Å².